The van der Waals surface area contributed by atoms with Crippen molar-refractivity contribution < 1.29 is 13.9 Å². The first-order valence-electron chi connectivity index (χ1n) is 7.20. The Labute approximate surface area is 142 Å². The van der Waals surface area contributed by atoms with Gasteiger partial charge in [0.15, 0.2) is 0 Å². The summed E-state index contributed by atoms with van der Waals surface area (Å²) in [4.78, 5) is 15.7. The van der Waals surface area contributed by atoms with Crippen LogP contribution in [0, 0.1) is 0 Å². The van der Waals surface area contributed by atoms with Gasteiger partial charge in [-0.2, -0.15) is 0 Å². The van der Waals surface area contributed by atoms with E-state index in [-0.39, 0.29) is 5.76 Å². The van der Waals surface area contributed by atoms with Gasteiger partial charge in [0, 0.05) is 0 Å². The van der Waals surface area contributed by atoms with Crippen LogP contribution in [0.4, 0.5) is 0 Å². The van der Waals surface area contributed by atoms with Gasteiger partial charge in [-0.25, -0.2) is 9.78 Å². The van der Waals surface area contributed by atoms with Crippen molar-refractivity contribution >= 4 is 29.9 Å². The van der Waals surface area contributed by atoms with Crippen LogP contribution in [0.3, 0.4) is 0 Å². The van der Waals surface area contributed by atoms with Crippen molar-refractivity contribution in [2.45, 2.75) is 10.9 Å². The summed E-state index contributed by atoms with van der Waals surface area (Å²) in [7, 11) is 1.32. The van der Waals surface area contributed by atoms with Gasteiger partial charge in [0.25, 0.3) is 0 Å². The third-order valence-corrected chi connectivity index (χ3v) is 3.98. The second-order valence-corrected chi connectivity index (χ2v) is 5.74. The normalized spacial score (nSPS) is 11.0. The Morgan fingerprint density at radius 2 is 2.08 bits per heavy atom. The maximum atomic E-state index is 11.3. The van der Waals surface area contributed by atoms with Gasteiger partial charge in [0.1, 0.15) is 11.6 Å². The quantitative estimate of drug-likeness (QED) is 0.544. The maximum Gasteiger partial charge on any atom is 0.373 e. The average Bonchev–Trinajstić information content (AvgIpc) is 3.28. The van der Waals surface area contributed by atoms with Crippen molar-refractivity contribution in [1.29, 1.82) is 0 Å². The van der Waals surface area contributed by atoms with Crippen LogP contribution < -0.4 is 0 Å². The second-order valence-electron chi connectivity index (χ2n) is 4.79. The summed E-state index contributed by atoms with van der Waals surface area (Å²) in [5.41, 5.74) is 1.09. The number of furan rings is 1. The Bertz CT molecular complexity index is 840. The molecule has 0 aliphatic rings. The van der Waals surface area contributed by atoms with Gasteiger partial charge in [0.2, 0.25) is 10.9 Å². The van der Waals surface area contributed by atoms with Gasteiger partial charge in [-0.15, -0.1) is 5.10 Å². The molecule has 1 N–H and O–H groups in total. The minimum Gasteiger partial charge on any atom is -0.463 e. The third kappa shape index (κ3) is 4.14. The van der Waals surface area contributed by atoms with E-state index in [0.717, 1.165) is 5.56 Å². The Kier molecular flexibility index (Phi) is 5.12. The fraction of sp³-hybridized carbons (Fsp3) is 0.118. The number of carbonyl (C=O) groups is 1. The Balaban J connectivity index is 1.57. The molecular weight excluding hydrogens is 326 g/mol. The van der Waals surface area contributed by atoms with Crippen molar-refractivity contribution in [3.8, 4) is 0 Å². The van der Waals surface area contributed by atoms with Crippen LogP contribution in [-0.2, 0) is 10.5 Å². The first-order valence-corrected chi connectivity index (χ1v) is 8.18. The lowest BCUT2D eigenvalue weighted by molar-refractivity contribution is 0.0563. The summed E-state index contributed by atoms with van der Waals surface area (Å²) in [6, 6.07) is 13.3. The van der Waals surface area contributed by atoms with E-state index < -0.39 is 5.97 Å². The van der Waals surface area contributed by atoms with Crippen LogP contribution in [0.5, 0.6) is 0 Å². The SMILES string of the molecule is COC(=O)c1ccc(CSc2n[nH]c(/C=C/c3ccccc3)n2)o1. The van der Waals surface area contributed by atoms with E-state index in [1.807, 2.05) is 42.5 Å². The van der Waals surface area contributed by atoms with Crippen molar-refractivity contribution in [2.75, 3.05) is 7.11 Å². The lowest BCUT2D eigenvalue weighted by Crippen LogP contribution is -1.98. The van der Waals surface area contributed by atoms with Crippen LogP contribution >= 0.6 is 11.8 Å². The minimum absolute atomic E-state index is 0.189. The smallest absolute Gasteiger partial charge is 0.373 e. The van der Waals surface area contributed by atoms with Crippen molar-refractivity contribution in [3.63, 3.8) is 0 Å². The summed E-state index contributed by atoms with van der Waals surface area (Å²) in [5, 5.41) is 7.63. The molecule has 0 saturated carbocycles. The maximum absolute atomic E-state index is 11.3. The number of hydrogen-bond acceptors (Lipinski definition) is 6. The standard InChI is InChI=1S/C17H15N3O3S/c1-22-16(21)14-9-8-13(23-14)11-24-17-18-15(19-20-17)10-7-12-5-3-2-4-6-12/h2-10H,11H2,1H3,(H,18,19,20)/b10-7+. The monoisotopic (exact) mass is 341 g/mol. The van der Waals surface area contributed by atoms with E-state index in [0.29, 0.717) is 22.5 Å². The van der Waals surface area contributed by atoms with Gasteiger partial charge >= 0.3 is 5.97 Å². The number of carbonyl (C=O) groups excluding carboxylic acids is 1. The van der Waals surface area contributed by atoms with Crippen LogP contribution in [-0.4, -0.2) is 28.3 Å². The summed E-state index contributed by atoms with van der Waals surface area (Å²) in [6.45, 7) is 0. The summed E-state index contributed by atoms with van der Waals surface area (Å²) >= 11 is 1.42. The molecule has 0 aliphatic heterocycles. The van der Waals surface area contributed by atoms with E-state index >= 15 is 0 Å². The molecule has 122 valence electrons. The first-order chi connectivity index (χ1) is 11.7. The fourth-order valence-corrected chi connectivity index (χ4v) is 2.64. The number of aromatic amines is 1. The first kappa shape index (κ1) is 16.1. The average molecular weight is 341 g/mol. The molecule has 2 aromatic heterocycles. The number of rotatable bonds is 6. The second kappa shape index (κ2) is 7.65. The molecule has 24 heavy (non-hydrogen) atoms. The topological polar surface area (TPSA) is 81.0 Å². The zero-order valence-corrected chi connectivity index (χ0v) is 13.7. The number of H-pyrrole nitrogens is 1. The number of ether oxygens (including phenoxy) is 1. The predicted octanol–water partition coefficient (Wildman–Crippen LogP) is 3.65. The van der Waals surface area contributed by atoms with Crippen LogP contribution in [0.15, 0.2) is 52.0 Å². The van der Waals surface area contributed by atoms with E-state index in [1.165, 1.54) is 18.9 Å². The number of methoxy groups -OCH3 is 1. The zero-order valence-electron chi connectivity index (χ0n) is 12.9. The molecule has 0 unspecified atom stereocenters. The number of nitrogens with zero attached hydrogens (tertiary/aromatic N) is 2. The van der Waals surface area contributed by atoms with Crippen molar-refractivity contribution in [3.05, 3.63) is 65.4 Å². The highest BCUT2D eigenvalue weighted by Gasteiger charge is 2.12. The molecular formula is C17H15N3O3S. The minimum atomic E-state index is -0.488. The molecule has 0 radical (unpaired) electrons. The molecule has 0 atom stereocenters. The largest absolute Gasteiger partial charge is 0.463 e. The van der Waals surface area contributed by atoms with Gasteiger partial charge in [-0.1, -0.05) is 48.2 Å². The van der Waals surface area contributed by atoms with Crippen LogP contribution in [0.25, 0.3) is 12.2 Å². The molecule has 1 aromatic carbocycles. The van der Waals surface area contributed by atoms with E-state index in [9.17, 15) is 4.79 Å². The summed E-state index contributed by atoms with van der Waals surface area (Å²) in [6.07, 6.45) is 3.83. The van der Waals surface area contributed by atoms with Crippen LogP contribution in [0.1, 0.15) is 27.7 Å². The van der Waals surface area contributed by atoms with E-state index in [2.05, 4.69) is 19.9 Å². The number of nitrogens with one attached hydrogen (secondary N) is 1. The third-order valence-electron chi connectivity index (χ3n) is 3.11. The highest BCUT2D eigenvalue weighted by Crippen LogP contribution is 2.21. The molecule has 0 bridgehead atoms. The Hall–Kier alpha value is -2.80. The number of hydrogen-bond donors (Lipinski definition) is 1. The molecule has 7 heteroatoms. The van der Waals surface area contributed by atoms with E-state index in [4.69, 9.17) is 4.42 Å². The predicted molar refractivity (Wildman–Crippen MR) is 91.4 cm³/mol. The van der Waals surface area contributed by atoms with Crippen LogP contribution in [0.2, 0.25) is 0 Å². The fourth-order valence-electron chi connectivity index (χ4n) is 1.94. The van der Waals surface area contributed by atoms with Gasteiger partial charge in [-0.3, -0.25) is 5.10 Å². The van der Waals surface area contributed by atoms with Gasteiger partial charge in [-0.05, 0) is 23.8 Å². The zero-order chi connectivity index (χ0) is 16.8. The molecule has 0 spiro atoms. The molecule has 3 aromatic rings. The molecule has 0 aliphatic carbocycles. The molecule has 0 amide bonds. The molecule has 3 rings (SSSR count). The lowest BCUT2D eigenvalue weighted by Gasteiger charge is -1.94. The molecule has 6 nitrogen and oxygen atoms in total. The summed E-state index contributed by atoms with van der Waals surface area (Å²) < 4.78 is 10.00. The Morgan fingerprint density at radius 1 is 1.25 bits per heavy atom. The van der Waals surface area contributed by atoms with Crippen molar-refractivity contribution in [1.82, 2.24) is 15.2 Å². The number of benzene rings is 1. The lowest BCUT2D eigenvalue weighted by atomic mass is 10.2. The molecule has 0 saturated heterocycles. The van der Waals surface area contributed by atoms with E-state index in [1.54, 1.807) is 12.1 Å². The number of aromatic nitrogens is 3. The highest BCUT2D eigenvalue weighted by atomic mass is 32.2. The van der Waals surface area contributed by atoms with Crippen molar-refractivity contribution in [2.24, 2.45) is 0 Å². The number of esters is 1. The highest BCUT2D eigenvalue weighted by molar-refractivity contribution is 7.98. The Morgan fingerprint density at radius 3 is 2.88 bits per heavy atom. The van der Waals surface area contributed by atoms with Gasteiger partial charge in [0.05, 0.1) is 12.9 Å². The van der Waals surface area contributed by atoms with Gasteiger partial charge < -0.3 is 9.15 Å². The number of thioether (sulfide) groups is 1. The molecule has 0 fully saturated rings. The molecule has 2 heterocycles. The summed E-state index contributed by atoms with van der Waals surface area (Å²) in [5.74, 6) is 1.56.